The van der Waals surface area contributed by atoms with E-state index in [-0.39, 0.29) is 6.54 Å². The third-order valence-electron chi connectivity index (χ3n) is 4.82. The molecular formula is C18H20N6O3. The second-order valence-corrected chi connectivity index (χ2v) is 6.77. The van der Waals surface area contributed by atoms with Crippen LogP contribution in [0.2, 0.25) is 0 Å². The Bertz CT molecular complexity index is 976. The van der Waals surface area contributed by atoms with Gasteiger partial charge in [-0.3, -0.25) is 9.69 Å². The van der Waals surface area contributed by atoms with Crippen LogP contribution in [-0.4, -0.2) is 37.0 Å². The van der Waals surface area contributed by atoms with Gasteiger partial charge in [0.25, 0.3) is 5.91 Å². The number of benzene rings is 1. The molecule has 1 unspecified atom stereocenters. The van der Waals surface area contributed by atoms with E-state index in [9.17, 15) is 9.59 Å². The minimum Gasteiger partial charge on any atom is -0.458 e. The predicted octanol–water partition coefficient (Wildman–Crippen LogP) is 2.19. The van der Waals surface area contributed by atoms with Gasteiger partial charge >= 0.3 is 6.03 Å². The zero-order valence-electron chi connectivity index (χ0n) is 15.2. The molecule has 4 rings (SSSR count). The molecule has 0 spiro atoms. The number of tetrazole rings is 1. The van der Waals surface area contributed by atoms with Gasteiger partial charge in [-0.2, -0.15) is 0 Å². The van der Waals surface area contributed by atoms with Gasteiger partial charge in [-0.15, -0.1) is 5.10 Å². The van der Waals surface area contributed by atoms with Crippen LogP contribution in [0.4, 0.5) is 4.79 Å². The van der Waals surface area contributed by atoms with Gasteiger partial charge in [-0.05, 0) is 35.9 Å². The average molecular weight is 368 g/mol. The van der Waals surface area contributed by atoms with Crippen molar-refractivity contribution in [3.8, 4) is 0 Å². The van der Waals surface area contributed by atoms with E-state index >= 15 is 0 Å². The average Bonchev–Trinajstić information content (AvgIpc) is 3.34. The number of fused-ring (bicyclic) bond motifs is 1. The topological polar surface area (TPSA) is 106 Å². The molecule has 9 nitrogen and oxygen atoms in total. The highest BCUT2D eigenvalue weighted by Gasteiger charge is 2.51. The van der Waals surface area contributed by atoms with Crippen LogP contribution in [0.3, 0.4) is 0 Å². The molecule has 1 aliphatic rings. The molecule has 1 aromatic carbocycles. The Kier molecular flexibility index (Phi) is 4.14. The number of imide groups is 1. The minimum absolute atomic E-state index is 0.0111. The molecule has 0 radical (unpaired) electrons. The van der Waals surface area contributed by atoms with Gasteiger partial charge < -0.3 is 9.73 Å². The van der Waals surface area contributed by atoms with E-state index < -0.39 is 17.5 Å². The summed E-state index contributed by atoms with van der Waals surface area (Å²) in [5, 5.41) is 15.2. The molecule has 1 atom stereocenters. The monoisotopic (exact) mass is 368 g/mol. The van der Waals surface area contributed by atoms with Crippen LogP contribution in [0.1, 0.15) is 38.3 Å². The Morgan fingerprint density at radius 2 is 2.07 bits per heavy atom. The summed E-state index contributed by atoms with van der Waals surface area (Å²) in [4.78, 5) is 26.7. The largest absolute Gasteiger partial charge is 0.458 e. The van der Waals surface area contributed by atoms with Gasteiger partial charge in [-0.25, -0.2) is 9.48 Å². The summed E-state index contributed by atoms with van der Waals surface area (Å²) in [5.41, 5.74) is -0.602. The van der Waals surface area contributed by atoms with Crippen LogP contribution in [0.15, 0.2) is 34.7 Å². The van der Waals surface area contributed by atoms with Gasteiger partial charge in [0.15, 0.2) is 11.4 Å². The summed E-state index contributed by atoms with van der Waals surface area (Å²) in [7, 11) is 0. The van der Waals surface area contributed by atoms with Crippen LogP contribution in [0, 0.1) is 0 Å². The van der Waals surface area contributed by atoms with Crippen molar-refractivity contribution in [1.82, 2.24) is 30.4 Å². The molecule has 2 aromatic heterocycles. The fourth-order valence-electron chi connectivity index (χ4n) is 3.20. The number of hydrogen-bond donors (Lipinski definition) is 1. The number of carbonyl (C=O) groups is 2. The molecule has 1 fully saturated rings. The Morgan fingerprint density at radius 1 is 1.26 bits per heavy atom. The molecule has 3 heterocycles. The summed E-state index contributed by atoms with van der Waals surface area (Å²) in [6, 6.07) is 8.75. The van der Waals surface area contributed by atoms with Crippen molar-refractivity contribution in [3.05, 3.63) is 41.9 Å². The highest BCUT2D eigenvalue weighted by atomic mass is 16.3. The van der Waals surface area contributed by atoms with Crippen molar-refractivity contribution >= 4 is 22.9 Å². The second kappa shape index (κ2) is 6.49. The van der Waals surface area contributed by atoms with Crippen molar-refractivity contribution in [3.63, 3.8) is 0 Å². The lowest BCUT2D eigenvalue weighted by atomic mass is 9.99. The number of nitrogens with zero attached hydrogens (tertiary/aromatic N) is 5. The molecule has 1 N–H and O–H groups in total. The maximum atomic E-state index is 13.1. The number of amides is 3. The van der Waals surface area contributed by atoms with Gasteiger partial charge in [0.1, 0.15) is 11.3 Å². The lowest BCUT2D eigenvalue weighted by Gasteiger charge is -2.18. The number of hydrogen-bond acceptors (Lipinski definition) is 6. The molecule has 9 heteroatoms. The van der Waals surface area contributed by atoms with Crippen molar-refractivity contribution in [1.29, 1.82) is 0 Å². The standard InChI is InChI=1S/C18H20N6O3/c1-3-4-9-24-15(20-21-22-24)11-23-16(25)18(2,19-17(23)26)14-10-12-7-5-6-8-13(12)27-14/h5-8,10H,3-4,9,11H2,1-2H3,(H,19,26). The summed E-state index contributed by atoms with van der Waals surface area (Å²) in [6.07, 6.45) is 1.90. The van der Waals surface area contributed by atoms with E-state index in [1.54, 1.807) is 17.7 Å². The van der Waals surface area contributed by atoms with Crippen LogP contribution >= 0.6 is 0 Å². The predicted molar refractivity (Wildman–Crippen MR) is 95.4 cm³/mol. The maximum Gasteiger partial charge on any atom is 0.325 e. The lowest BCUT2D eigenvalue weighted by molar-refractivity contribution is -0.132. The normalized spacial score (nSPS) is 19.9. The number of furan rings is 1. The fraction of sp³-hybridized carbons (Fsp3) is 0.389. The first-order chi connectivity index (χ1) is 13.0. The maximum absolute atomic E-state index is 13.1. The van der Waals surface area contributed by atoms with Crippen LogP contribution in [-0.2, 0) is 23.4 Å². The number of rotatable bonds is 6. The molecule has 27 heavy (non-hydrogen) atoms. The number of para-hydroxylation sites is 1. The molecule has 0 saturated carbocycles. The summed E-state index contributed by atoms with van der Waals surface area (Å²) in [5.74, 6) is 0.479. The highest BCUT2D eigenvalue weighted by Crippen LogP contribution is 2.33. The first-order valence-electron chi connectivity index (χ1n) is 8.91. The van der Waals surface area contributed by atoms with Gasteiger partial charge in [0.05, 0.1) is 6.54 Å². The molecule has 1 aliphatic heterocycles. The highest BCUT2D eigenvalue weighted by molar-refractivity contribution is 6.07. The van der Waals surface area contributed by atoms with Gasteiger partial charge in [0, 0.05) is 11.9 Å². The number of unbranched alkanes of at least 4 members (excludes halogenated alkanes) is 1. The Balaban J connectivity index is 1.61. The van der Waals surface area contributed by atoms with E-state index in [0.717, 1.165) is 23.1 Å². The third-order valence-corrected chi connectivity index (χ3v) is 4.82. The van der Waals surface area contributed by atoms with Crippen molar-refractivity contribution < 1.29 is 14.0 Å². The number of aromatic nitrogens is 4. The van der Waals surface area contributed by atoms with E-state index in [1.807, 2.05) is 24.3 Å². The SMILES string of the molecule is CCCCn1nnnc1CN1C(=O)NC(C)(c2cc3ccccc3o2)C1=O. The van der Waals surface area contributed by atoms with Crippen LogP contribution in [0.25, 0.3) is 11.0 Å². The second-order valence-electron chi connectivity index (χ2n) is 6.77. The number of aryl methyl sites for hydroxylation is 1. The minimum atomic E-state index is -1.27. The first kappa shape index (κ1) is 17.2. The molecular weight excluding hydrogens is 348 g/mol. The Labute approximate surface area is 155 Å². The molecule has 3 aromatic rings. The van der Waals surface area contributed by atoms with E-state index in [4.69, 9.17) is 4.42 Å². The smallest absolute Gasteiger partial charge is 0.325 e. The molecule has 0 aliphatic carbocycles. The zero-order valence-corrected chi connectivity index (χ0v) is 15.2. The van der Waals surface area contributed by atoms with Crippen molar-refractivity contribution in [2.24, 2.45) is 0 Å². The third kappa shape index (κ3) is 2.84. The molecule has 0 bridgehead atoms. The van der Waals surface area contributed by atoms with Crippen LogP contribution in [0.5, 0.6) is 0 Å². The molecule has 3 amide bonds. The number of carbonyl (C=O) groups excluding carboxylic acids is 2. The lowest BCUT2D eigenvalue weighted by Crippen LogP contribution is -2.40. The van der Waals surface area contributed by atoms with Crippen molar-refractivity contribution in [2.75, 3.05) is 0 Å². The fourth-order valence-corrected chi connectivity index (χ4v) is 3.20. The van der Waals surface area contributed by atoms with Gasteiger partial charge in [0.2, 0.25) is 0 Å². The van der Waals surface area contributed by atoms with E-state index in [0.29, 0.717) is 23.7 Å². The number of nitrogens with one attached hydrogen (secondary N) is 1. The summed E-state index contributed by atoms with van der Waals surface area (Å²) >= 11 is 0. The van der Waals surface area contributed by atoms with E-state index in [1.165, 1.54) is 0 Å². The van der Waals surface area contributed by atoms with Gasteiger partial charge in [-0.1, -0.05) is 31.5 Å². The van der Waals surface area contributed by atoms with Crippen molar-refractivity contribution in [2.45, 2.75) is 45.3 Å². The number of urea groups is 1. The summed E-state index contributed by atoms with van der Waals surface area (Å²) in [6.45, 7) is 4.37. The Morgan fingerprint density at radius 3 is 2.85 bits per heavy atom. The van der Waals surface area contributed by atoms with Crippen LogP contribution < -0.4 is 5.32 Å². The molecule has 1 saturated heterocycles. The quantitative estimate of drug-likeness (QED) is 0.669. The van der Waals surface area contributed by atoms with E-state index in [2.05, 4.69) is 27.8 Å². The Hall–Kier alpha value is -3.23. The summed E-state index contributed by atoms with van der Waals surface area (Å²) < 4.78 is 7.45. The zero-order chi connectivity index (χ0) is 19.0. The first-order valence-corrected chi connectivity index (χ1v) is 8.91. The molecule has 140 valence electrons.